The van der Waals surface area contributed by atoms with Gasteiger partial charge in [-0.15, -0.1) is 16.4 Å². The number of amides is 1. The minimum Gasteiger partial charge on any atom is -0.351 e. The summed E-state index contributed by atoms with van der Waals surface area (Å²) in [4.78, 5) is 13.8. The molecule has 9 nitrogen and oxygen atoms in total. The molecule has 3 aromatic rings. The second kappa shape index (κ2) is 8.39. The van der Waals surface area contributed by atoms with Crippen LogP contribution < -0.4 is 5.32 Å². The molecule has 1 amide bonds. The summed E-state index contributed by atoms with van der Waals surface area (Å²) in [7, 11) is -3.68. The van der Waals surface area contributed by atoms with Gasteiger partial charge in [-0.2, -0.15) is 4.31 Å². The van der Waals surface area contributed by atoms with Gasteiger partial charge in [-0.05, 0) is 59.0 Å². The maximum absolute atomic E-state index is 13.0. The molecule has 1 aromatic carbocycles. The lowest BCUT2D eigenvalue weighted by molar-refractivity contribution is -0.126. The molecular weight excluding hydrogens is 412 g/mol. The van der Waals surface area contributed by atoms with Crippen LogP contribution in [0.5, 0.6) is 0 Å². The highest BCUT2D eigenvalue weighted by atomic mass is 32.2. The van der Waals surface area contributed by atoms with E-state index in [1.54, 1.807) is 23.5 Å². The molecule has 1 aliphatic heterocycles. The molecule has 0 spiro atoms. The van der Waals surface area contributed by atoms with E-state index in [2.05, 4.69) is 20.8 Å². The van der Waals surface area contributed by atoms with E-state index in [1.807, 2.05) is 17.5 Å². The summed E-state index contributed by atoms with van der Waals surface area (Å²) in [6.07, 6.45) is 2.77. The van der Waals surface area contributed by atoms with E-state index >= 15 is 0 Å². The van der Waals surface area contributed by atoms with Gasteiger partial charge in [0.15, 0.2) is 0 Å². The molecule has 1 aliphatic rings. The Hall–Kier alpha value is -2.63. The average Bonchev–Trinajstić information content (AvgIpc) is 3.46. The molecule has 3 heterocycles. The van der Waals surface area contributed by atoms with E-state index in [-0.39, 0.29) is 23.3 Å². The summed E-state index contributed by atoms with van der Waals surface area (Å²) in [5.74, 6) is -0.452. The number of sulfonamides is 1. The van der Waals surface area contributed by atoms with Crippen molar-refractivity contribution in [2.75, 3.05) is 13.1 Å². The number of tetrazole rings is 1. The predicted molar refractivity (Wildman–Crippen MR) is 107 cm³/mol. The Morgan fingerprint density at radius 2 is 2.07 bits per heavy atom. The van der Waals surface area contributed by atoms with Gasteiger partial charge in [-0.3, -0.25) is 4.79 Å². The van der Waals surface area contributed by atoms with Gasteiger partial charge in [0, 0.05) is 18.0 Å². The van der Waals surface area contributed by atoms with Crippen LogP contribution >= 0.6 is 11.3 Å². The van der Waals surface area contributed by atoms with Crippen molar-refractivity contribution in [3.8, 4) is 5.69 Å². The topological polar surface area (TPSA) is 110 Å². The van der Waals surface area contributed by atoms with Crippen LogP contribution in [0.1, 0.15) is 17.7 Å². The van der Waals surface area contributed by atoms with Crippen LogP contribution in [0.25, 0.3) is 5.69 Å². The summed E-state index contributed by atoms with van der Waals surface area (Å²) in [5, 5.41) is 15.8. The quantitative estimate of drug-likeness (QED) is 0.631. The summed E-state index contributed by atoms with van der Waals surface area (Å²) in [6.45, 7) is 1.07. The Bertz CT molecular complexity index is 1050. The smallest absolute Gasteiger partial charge is 0.243 e. The van der Waals surface area contributed by atoms with Crippen molar-refractivity contribution in [2.45, 2.75) is 24.3 Å². The average molecular weight is 433 g/mol. The fourth-order valence-electron chi connectivity index (χ4n) is 3.31. The fraction of sp³-hybridized carbons (Fsp3) is 0.333. The van der Waals surface area contributed by atoms with Crippen molar-refractivity contribution in [3.05, 3.63) is 53.0 Å². The normalized spacial score (nSPS) is 17.9. The van der Waals surface area contributed by atoms with Crippen molar-refractivity contribution < 1.29 is 13.2 Å². The Morgan fingerprint density at radius 1 is 1.24 bits per heavy atom. The number of nitrogens with one attached hydrogen (secondary N) is 1. The Morgan fingerprint density at radius 3 is 2.76 bits per heavy atom. The second-order valence-electron chi connectivity index (χ2n) is 6.75. The van der Waals surface area contributed by atoms with Gasteiger partial charge in [0.1, 0.15) is 6.33 Å². The van der Waals surface area contributed by atoms with E-state index in [1.165, 1.54) is 27.4 Å². The zero-order chi connectivity index (χ0) is 20.3. The number of rotatable bonds is 6. The first-order valence-electron chi connectivity index (χ1n) is 9.18. The van der Waals surface area contributed by atoms with Gasteiger partial charge in [-0.25, -0.2) is 13.1 Å². The number of carbonyl (C=O) groups is 1. The van der Waals surface area contributed by atoms with Crippen LogP contribution in [-0.2, 0) is 21.4 Å². The number of piperidine rings is 1. The summed E-state index contributed by atoms with van der Waals surface area (Å²) >= 11 is 1.58. The summed E-state index contributed by atoms with van der Waals surface area (Å²) < 4.78 is 28.9. The zero-order valence-corrected chi connectivity index (χ0v) is 17.1. The van der Waals surface area contributed by atoms with Crippen LogP contribution in [0, 0.1) is 5.92 Å². The highest BCUT2D eigenvalue weighted by molar-refractivity contribution is 7.89. The minimum absolute atomic E-state index is 0.104. The van der Waals surface area contributed by atoms with Gasteiger partial charge in [0.05, 0.1) is 23.0 Å². The number of carbonyl (C=O) groups excluding carboxylic acids is 1. The van der Waals surface area contributed by atoms with Crippen molar-refractivity contribution in [2.24, 2.45) is 5.92 Å². The van der Waals surface area contributed by atoms with Crippen LogP contribution in [-0.4, -0.2) is 51.9 Å². The predicted octanol–water partition coefficient (Wildman–Crippen LogP) is 1.44. The molecule has 152 valence electrons. The van der Waals surface area contributed by atoms with Crippen molar-refractivity contribution in [1.29, 1.82) is 0 Å². The van der Waals surface area contributed by atoms with Crippen molar-refractivity contribution in [1.82, 2.24) is 29.8 Å². The lowest BCUT2D eigenvalue weighted by atomic mass is 9.99. The lowest BCUT2D eigenvalue weighted by Gasteiger charge is -2.31. The maximum atomic E-state index is 13.0. The highest BCUT2D eigenvalue weighted by Gasteiger charge is 2.33. The number of benzene rings is 1. The third-order valence-electron chi connectivity index (χ3n) is 4.86. The van der Waals surface area contributed by atoms with Gasteiger partial charge >= 0.3 is 0 Å². The highest BCUT2D eigenvalue weighted by Crippen LogP contribution is 2.24. The number of nitrogens with zero attached hydrogens (tertiary/aromatic N) is 5. The van der Waals surface area contributed by atoms with E-state index in [0.29, 0.717) is 31.6 Å². The molecule has 0 aliphatic carbocycles. The molecule has 2 aromatic heterocycles. The molecule has 0 unspecified atom stereocenters. The molecule has 29 heavy (non-hydrogen) atoms. The number of aromatic nitrogens is 4. The largest absolute Gasteiger partial charge is 0.351 e. The summed E-state index contributed by atoms with van der Waals surface area (Å²) in [5.41, 5.74) is 0.665. The first-order valence-corrected chi connectivity index (χ1v) is 11.5. The first-order chi connectivity index (χ1) is 14.0. The molecule has 0 saturated carbocycles. The Kier molecular flexibility index (Phi) is 5.69. The monoisotopic (exact) mass is 432 g/mol. The fourth-order valence-corrected chi connectivity index (χ4v) is 5.47. The molecule has 0 radical (unpaired) electrons. The zero-order valence-electron chi connectivity index (χ0n) is 15.5. The van der Waals surface area contributed by atoms with Crippen LogP contribution in [0.3, 0.4) is 0 Å². The van der Waals surface area contributed by atoms with E-state index in [4.69, 9.17) is 0 Å². The maximum Gasteiger partial charge on any atom is 0.243 e. The summed E-state index contributed by atoms with van der Waals surface area (Å²) in [6, 6.07) is 10.3. The Balaban J connectivity index is 1.43. The van der Waals surface area contributed by atoms with Crippen LogP contribution in [0.4, 0.5) is 0 Å². The van der Waals surface area contributed by atoms with Gasteiger partial charge in [0.2, 0.25) is 15.9 Å². The van der Waals surface area contributed by atoms with Crippen LogP contribution in [0.15, 0.2) is 53.0 Å². The van der Waals surface area contributed by atoms with Crippen molar-refractivity contribution >= 4 is 27.3 Å². The number of thiophene rings is 1. The van der Waals surface area contributed by atoms with Gasteiger partial charge in [0.25, 0.3) is 0 Å². The van der Waals surface area contributed by atoms with E-state index < -0.39 is 10.0 Å². The standard InChI is InChI=1S/C18H20N6O3S2/c25-18(19-11-16-4-2-10-28-16)14-3-1-9-23(12-14)29(26,27)17-7-5-15(6-8-17)24-13-20-21-22-24/h2,4-8,10,13-14H,1,3,9,11-12H2,(H,19,25)/t14-/m1/s1. The molecule has 4 rings (SSSR count). The molecule has 1 atom stereocenters. The third kappa shape index (κ3) is 4.36. The van der Waals surface area contributed by atoms with E-state index in [0.717, 1.165) is 4.88 Å². The Labute approximate surface area is 172 Å². The molecule has 1 N–H and O–H groups in total. The minimum atomic E-state index is -3.68. The molecule has 0 bridgehead atoms. The molecule has 1 saturated heterocycles. The SMILES string of the molecule is O=C(NCc1cccs1)[C@@H]1CCCN(S(=O)(=O)c2ccc(-n3cnnn3)cc2)C1. The van der Waals surface area contributed by atoms with Gasteiger partial charge < -0.3 is 5.32 Å². The van der Waals surface area contributed by atoms with Gasteiger partial charge in [-0.1, -0.05) is 6.07 Å². The lowest BCUT2D eigenvalue weighted by Crippen LogP contribution is -2.45. The second-order valence-corrected chi connectivity index (χ2v) is 9.72. The third-order valence-corrected chi connectivity index (χ3v) is 7.62. The molecular formula is C18H20N6O3S2. The molecule has 11 heteroatoms. The molecule has 1 fully saturated rings. The van der Waals surface area contributed by atoms with Crippen molar-refractivity contribution in [3.63, 3.8) is 0 Å². The first kappa shape index (κ1) is 19.7. The van der Waals surface area contributed by atoms with E-state index in [9.17, 15) is 13.2 Å². The van der Waals surface area contributed by atoms with Crippen LogP contribution in [0.2, 0.25) is 0 Å². The number of hydrogen-bond acceptors (Lipinski definition) is 7. The number of hydrogen-bond donors (Lipinski definition) is 1.